The molecule has 0 aromatic rings. The van der Waals surface area contributed by atoms with Crippen LogP contribution in [-0.2, 0) is 47.5 Å². The average Bonchev–Trinajstić information content (AvgIpc) is 3.53. The predicted octanol–water partition coefficient (Wildman–Crippen LogP) is -2.54. The van der Waals surface area contributed by atoms with E-state index in [0.717, 1.165) is 12.0 Å². The van der Waals surface area contributed by atoms with Crippen LogP contribution in [-0.4, -0.2) is 238 Å². The van der Waals surface area contributed by atoms with Crippen molar-refractivity contribution in [2.75, 3.05) is 19.8 Å². The van der Waals surface area contributed by atoms with Gasteiger partial charge in [0.25, 0.3) is 0 Å². The van der Waals surface area contributed by atoms with Crippen molar-refractivity contribution in [1.29, 1.82) is 0 Å². The summed E-state index contributed by atoms with van der Waals surface area (Å²) in [6, 6.07) is 0. The number of carboxylic acids is 1. The number of allylic oxidation sites excluding steroid dienone is 1. The Kier molecular flexibility index (Phi) is 16.5. The molecule has 0 aromatic carbocycles. The van der Waals surface area contributed by atoms with Crippen LogP contribution in [0.1, 0.15) is 106 Å². The van der Waals surface area contributed by atoms with E-state index in [2.05, 4.69) is 40.7 Å². The largest absolute Gasteiger partial charge is 0.479 e. The van der Waals surface area contributed by atoms with Crippen LogP contribution in [0.5, 0.6) is 0 Å². The number of hydrogen-bond acceptors (Lipinski definition) is 23. The highest BCUT2D eigenvalue weighted by molar-refractivity contribution is 5.86. The maximum absolute atomic E-state index is 14.3. The molecule has 0 bridgehead atoms. The van der Waals surface area contributed by atoms with Crippen molar-refractivity contribution in [2.24, 2.45) is 44.8 Å². The molecule has 4 saturated carbocycles. The molecule has 0 radical (unpaired) electrons. The van der Waals surface area contributed by atoms with Gasteiger partial charge in [-0.15, -0.1) is 0 Å². The lowest BCUT2D eigenvalue weighted by atomic mass is 9.34. The van der Waals surface area contributed by atoms with Crippen LogP contribution in [0, 0.1) is 44.8 Å². The number of carboxylic acid groups (broad SMARTS) is 1. The first-order valence-electron chi connectivity index (χ1n) is 27.3. The minimum absolute atomic E-state index is 0.0510. The molecule has 9 rings (SSSR count). The lowest BCUT2D eigenvalue weighted by molar-refractivity contribution is -0.407. The van der Waals surface area contributed by atoms with Gasteiger partial charge in [-0.2, -0.15) is 0 Å². The van der Waals surface area contributed by atoms with Crippen LogP contribution >= 0.6 is 0 Å². The highest BCUT2D eigenvalue weighted by atomic mass is 16.8. The van der Waals surface area contributed by atoms with Crippen molar-refractivity contribution in [3.8, 4) is 0 Å². The van der Waals surface area contributed by atoms with Crippen molar-refractivity contribution >= 4 is 11.8 Å². The van der Waals surface area contributed by atoms with Crippen molar-refractivity contribution in [3.05, 3.63) is 11.6 Å². The van der Waals surface area contributed by atoms with Gasteiger partial charge in [0.15, 0.2) is 31.3 Å². The van der Waals surface area contributed by atoms with Gasteiger partial charge in [0, 0.05) is 11.8 Å². The van der Waals surface area contributed by atoms with Gasteiger partial charge in [0.05, 0.1) is 37.4 Å². The van der Waals surface area contributed by atoms with Crippen LogP contribution in [0.15, 0.2) is 11.6 Å². The number of fused-ring (bicyclic) bond motifs is 7. The van der Waals surface area contributed by atoms with Gasteiger partial charge >= 0.3 is 5.97 Å². The van der Waals surface area contributed by atoms with Gasteiger partial charge in [-0.1, -0.05) is 54.5 Å². The zero-order valence-corrected chi connectivity index (χ0v) is 44.8. The molecule has 0 unspecified atom stereocenters. The molecule has 4 heterocycles. The van der Waals surface area contributed by atoms with Crippen molar-refractivity contribution < 1.29 is 119 Å². The third-order valence-corrected chi connectivity index (χ3v) is 20.7. The molecule has 28 atom stereocenters. The Labute approximate surface area is 446 Å². The fourth-order valence-corrected chi connectivity index (χ4v) is 16.3. The van der Waals surface area contributed by atoms with E-state index >= 15 is 0 Å². The average molecular weight is 1110 g/mol. The second-order valence-corrected chi connectivity index (χ2v) is 25.9. The highest BCUT2D eigenvalue weighted by Crippen LogP contribution is 2.75. The lowest BCUT2D eigenvalue weighted by Crippen LogP contribution is -2.69. The number of rotatable bonds is 12. The summed E-state index contributed by atoms with van der Waals surface area (Å²) in [6.45, 7) is 12.4. The van der Waals surface area contributed by atoms with Gasteiger partial charge in [-0.3, -0.25) is 4.79 Å². The van der Waals surface area contributed by atoms with E-state index < -0.39 is 182 Å². The van der Waals surface area contributed by atoms with Crippen LogP contribution < -0.4 is 0 Å². The molecule has 4 saturated heterocycles. The second-order valence-electron chi connectivity index (χ2n) is 25.9. The van der Waals surface area contributed by atoms with E-state index in [1.54, 1.807) is 0 Å². The summed E-state index contributed by atoms with van der Waals surface area (Å²) in [4.78, 5) is 27.4. The van der Waals surface area contributed by atoms with E-state index in [4.69, 9.17) is 37.9 Å². The number of carbonyl (C=O) groups excluding carboxylic acids is 1. The van der Waals surface area contributed by atoms with E-state index in [1.165, 1.54) is 0 Å². The monoisotopic (exact) mass is 1100 g/mol. The summed E-state index contributed by atoms with van der Waals surface area (Å²) in [6.07, 6.45) is -32.2. The number of ketones is 1. The zero-order valence-electron chi connectivity index (χ0n) is 44.8. The molecule has 77 heavy (non-hydrogen) atoms. The smallest absolute Gasteiger partial charge is 0.335 e. The first-order valence-corrected chi connectivity index (χ1v) is 27.3. The molecule has 0 aromatic heterocycles. The third kappa shape index (κ3) is 9.70. The Morgan fingerprint density at radius 3 is 1.66 bits per heavy atom. The molecule has 24 heteroatoms. The van der Waals surface area contributed by atoms with Gasteiger partial charge in [0.2, 0.25) is 0 Å². The zero-order chi connectivity index (χ0) is 56.4. The fraction of sp³-hybridized carbons (Fsp3) is 0.925. The van der Waals surface area contributed by atoms with Crippen molar-refractivity contribution in [3.63, 3.8) is 0 Å². The summed E-state index contributed by atoms with van der Waals surface area (Å²) >= 11 is 0. The Bertz CT molecular complexity index is 2180. The number of aliphatic hydroxyl groups is 13. The minimum Gasteiger partial charge on any atom is -0.479 e. The Balaban J connectivity index is 1.05. The molecule has 5 aliphatic carbocycles. The van der Waals surface area contributed by atoms with E-state index in [-0.39, 0.29) is 28.4 Å². The first kappa shape index (κ1) is 59.7. The number of hydrogen-bond donors (Lipinski definition) is 14. The van der Waals surface area contributed by atoms with Crippen molar-refractivity contribution in [2.45, 2.75) is 241 Å². The van der Waals surface area contributed by atoms with E-state index in [1.807, 2.05) is 13.8 Å². The predicted molar refractivity (Wildman–Crippen MR) is 259 cm³/mol. The van der Waals surface area contributed by atoms with Crippen LogP contribution in [0.25, 0.3) is 0 Å². The van der Waals surface area contributed by atoms with E-state index in [9.17, 15) is 81.1 Å². The summed E-state index contributed by atoms with van der Waals surface area (Å²) in [5.41, 5.74) is -2.58. The summed E-state index contributed by atoms with van der Waals surface area (Å²) in [7, 11) is 0. The Morgan fingerprint density at radius 1 is 0.584 bits per heavy atom. The summed E-state index contributed by atoms with van der Waals surface area (Å²) in [5, 5.41) is 153. The summed E-state index contributed by atoms with van der Waals surface area (Å²) in [5.74, 6) is -2.09. The standard InChI is InChI=1S/C53H84O24/c1-48(2)13-10-21-22(57)16-52(7)28(53(21,69)20-48)9-8-27-50(5)14-12-29(49(3,4)26(50)11-15-51(27,52)6)73-47-42(77-45-37(65)34(62)31(59)24(18-55)71-45)39(38(66)40(75-47)43(67)68)74-46-41(35(63)32(60)25(19-56)72-46)76-44-36(64)33(61)30(58)23(17-54)70-44/h9,21,23-27,29-42,44-47,54-56,58-66,69H,8,10-20H2,1-7H3,(H,67,68)/t21-,23-,24-,25-,26+,27-,29+,30-,31+,32+,33+,34+,35+,36-,37-,38+,39+,40+,41-,42-,44+,45+,46+,47-,50+,51-,52-,53+/m1/s1. The molecule has 14 N–H and O–H groups in total. The van der Waals surface area contributed by atoms with Crippen LogP contribution in [0.3, 0.4) is 0 Å². The minimum atomic E-state index is -2.28. The van der Waals surface area contributed by atoms with Gasteiger partial charge in [-0.05, 0) is 90.4 Å². The SMILES string of the molecule is CC1(C)CC[C@@H]2C(=O)C[C@]3(C)C(=CC[C@@H]4[C@@]5(C)CC[C@H](O[C@@H]6O[C@H](C(=O)O)[C@@H](O)[C@H](O[C@@H]7O[C@H](CO)[C@H](O)[C@H](O)[C@H]7O[C@@H]7O[C@H](CO)[C@@H](O)[C@H](O)[C@H]7O)[C@H]6O[C@@H]6O[C@H](CO)[C@H](O)[C@H](O)[C@H]6O)C(C)(C)[C@@H]5CC[C@]43C)[C@]2(O)C1. The summed E-state index contributed by atoms with van der Waals surface area (Å²) < 4.78 is 48.7. The molecular formula is C53H84O24. The number of carbonyl (C=O) groups is 2. The number of aliphatic hydroxyl groups excluding tert-OH is 12. The number of aliphatic carboxylic acids is 1. The van der Waals surface area contributed by atoms with Gasteiger partial charge in [-0.25, -0.2) is 4.79 Å². The molecule has 440 valence electrons. The second kappa shape index (κ2) is 21.3. The lowest BCUT2D eigenvalue weighted by Gasteiger charge is -2.71. The Hall–Kier alpha value is -1.96. The molecule has 8 fully saturated rings. The van der Waals surface area contributed by atoms with Crippen LogP contribution in [0.2, 0.25) is 0 Å². The van der Waals surface area contributed by atoms with Crippen LogP contribution in [0.4, 0.5) is 0 Å². The molecule has 0 amide bonds. The topological polar surface area (TPSA) is 391 Å². The van der Waals surface area contributed by atoms with Crippen molar-refractivity contribution in [1.82, 2.24) is 0 Å². The van der Waals surface area contributed by atoms with Gasteiger partial charge in [0.1, 0.15) is 97.3 Å². The molecule has 0 spiro atoms. The normalized spacial score (nSPS) is 53.5. The van der Waals surface area contributed by atoms with Gasteiger partial charge < -0.3 is 109 Å². The number of ether oxygens (including phenoxy) is 8. The molecule has 9 aliphatic rings. The Morgan fingerprint density at radius 2 is 1.10 bits per heavy atom. The quantitative estimate of drug-likeness (QED) is 0.0707. The highest BCUT2D eigenvalue weighted by Gasteiger charge is 2.71. The molecule has 24 nitrogen and oxygen atoms in total. The van der Waals surface area contributed by atoms with E-state index in [0.29, 0.717) is 51.4 Å². The maximum Gasteiger partial charge on any atom is 0.335 e. The number of Topliss-reactive ketones (excluding diaryl/α,β-unsaturated/α-hetero) is 1. The molecule has 4 aliphatic heterocycles. The third-order valence-electron chi connectivity index (χ3n) is 20.7. The molecular weight excluding hydrogens is 1020 g/mol. The fourth-order valence-electron chi connectivity index (χ4n) is 16.3. The first-order chi connectivity index (χ1) is 35.9. The maximum atomic E-state index is 14.3.